The number of aromatic nitrogens is 1. The molecule has 2 aromatic rings. The first-order chi connectivity index (χ1) is 12.2. The van der Waals surface area contributed by atoms with Gasteiger partial charge in [-0.15, -0.1) is 0 Å². The van der Waals surface area contributed by atoms with Crippen molar-refractivity contribution in [3.05, 3.63) is 65.5 Å². The largest absolute Gasteiger partial charge is 0.387 e. The Hall–Kier alpha value is -1.71. The Morgan fingerprint density at radius 1 is 1.04 bits per heavy atom. The third-order valence-electron chi connectivity index (χ3n) is 4.94. The number of hydrogen-bond donors (Lipinski definition) is 1. The summed E-state index contributed by atoms with van der Waals surface area (Å²) in [4.78, 5) is 6.85. The Kier molecular flexibility index (Phi) is 8.10. The Balaban J connectivity index is 0.00000109. The van der Waals surface area contributed by atoms with Crippen LogP contribution in [0.1, 0.15) is 49.6 Å². The van der Waals surface area contributed by atoms with Gasteiger partial charge in [0, 0.05) is 6.20 Å². The number of hydrogen-bond acceptors (Lipinski definition) is 3. The van der Waals surface area contributed by atoms with Crippen molar-refractivity contribution in [2.45, 2.75) is 45.6 Å². The van der Waals surface area contributed by atoms with Crippen LogP contribution < -0.4 is 0 Å². The fourth-order valence-electron chi connectivity index (χ4n) is 3.42. The van der Waals surface area contributed by atoms with E-state index in [1.54, 1.807) is 6.20 Å². The summed E-state index contributed by atoms with van der Waals surface area (Å²) in [6.07, 6.45) is 5.38. The van der Waals surface area contributed by atoms with Crippen LogP contribution in [0.2, 0.25) is 0 Å². The molecule has 1 N–H and O–H groups in total. The minimum atomic E-state index is -0.435. The van der Waals surface area contributed by atoms with E-state index < -0.39 is 6.10 Å². The zero-order valence-electron chi connectivity index (χ0n) is 15.9. The van der Waals surface area contributed by atoms with Crippen molar-refractivity contribution in [2.24, 2.45) is 5.92 Å². The minimum Gasteiger partial charge on any atom is -0.387 e. The van der Waals surface area contributed by atoms with Crippen molar-refractivity contribution in [3.63, 3.8) is 0 Å². The molecule has 1 atom stereocenters. The van der Waals surface area contributed by atoms with Gasteiger partial charge in [-0.25, -0.2) is 0 Å². The van der Waals surface area contributed by atoms with Crippen LogP contribution in [0.15, 0.2) is 48.7 Å². The molecule has 2 heterocycles. The second-order valence-electron chi connectivity index (χ2n) is 6.62. The van der Waals surface area contributed by atoms with E-state index >= 15 is 0 Å². The van der Waals surface area contributed by atoms with Gasteiger partial charge < -0.3 is 10.0 Å². The van der Waals surface area contributed by atoms with Gasteiger partial charge in [0.1, 0.15) is 0 Å². The Morgan fingerprint density at radius 3 is 2.40 bits per heavy atom. The van der Waals surface area contributed by atoms with Crippen molar-refractivity contribution in [1.82, 2.24) is 9.88 Å². The predicted octanol–water partition coefficient (Wildman–Crippen LogP) is 4.27. The van der Waals surface area contributed by atoms with Gasteiger partial charge in [0.05, 0.1) is 11.8 Å². The van der Waals surface area contributed by atoms with Crippen LogP contribution in [0, 0.1) is 5.92 Å². The molecule has 3 nitrogen and oxygen atoms in total. The monoisotopic (exact) mass is 340 g/mol. The number of aliphatic hydroxyl groups excluding tert-OH is 1. The lowest BCUT2D eigenvalue weighted by atomic mass is 9.87. The normalized spacial score (nSPS) is 16.8. The molecule has 0 radical (unpaired) electrons. The summed E-state index contributed by atoms with van der Waals surface area (Å²) >= 11 is 0. The number of rotatable bonds is 5. The van der Waals surface area contributed by atoms with Crippen LogP contribution in [0.3, 0.4) is 0 Å². The summed E-state index contributed by atoms with van der Waals surface area (Å²) in [6.45, 7) is 6.13. The van der Waals surface area contributed by atoms with Crippen LogP contribution in [-0.2, 0) is 12.8 Å². The summed E-state index contributed by atoms with van der Waals surface area (Å²) < 4.78 is 0. The van der Waals surface area contributed by atoms with E-state index in [1.807, 2.05) is 26.0 Å². The van der Waals surface area contributed by atoms with E-state index in [0.717, 1.165) is 44.5 Å². The van der Waals surface area contributed by atoms with E-state index in [0.29, 0.717) is 5.92 Å². The molecule has 25 heavy (non-hydrogen) atoms. The van der Waals surface area contributed by atoms with Crippen molar-refractivity contribution >= 4 is 0 Å². The first-order valence-electron chi connectivity index (χ1n) is 9.58. The van der Waals surface area contributed by atoms with E-state index in [2.05, 4.69) is 47.3 Å². The van der Waals surface area contributed by atoms with Crippen LogP contribution >= 0.6 is 0 Å². The van der Waals surface area contributed by atoms with Gasteiger partial charge in [-0.05, 0) is 68.9 Å². The summed E-state index contributed by atoms with van der Waals surface area (Å²) in [7, 11) is 2.15. The van der Waals surface area contributed by atoms with E-state index in [4.69, 9.17) is 0 Å². The van der Waals surface area contributed by atoms with Gasteiger partial charge in [-0.2, -0.15) is 0 Å². The first-order valence-corrected chi connectivity index (χ1v) is 9.58. The molecule has 1 aliphatic heterocycles. The van der Waals surface area contributed by atoms with Crippen molar-refractivity contribution in [2.75, 3.05) is 20.1 Å². The number of aryl methyl sites for hydroxylation is 2. The molecule has 0 spiro atoms. The lowest BCUT2D eigenvalue weighted by molar-refractivity contribution is 0.0620. The van der Waals surface area contributed by atoms with Gasteiger partial charge in [0.15, 0.2) is 0 Å². The fourth-order valence-corrected chi connectivity index (χ4v) is 3.42. The predicted molar refractivity (Wildman–Crippen MR) is 105 cm³/mol. The van der Waals surface area contributed by atoms with Gasteiger partial charge in [0.25, 0.3) is 0 Å². The summed E-state index contributed by atoms with van der Waals surface area (Å²) in [5.74, 6) is 0.330. The molecule has 3 rings (SSSR count). The molecule has 1 aromatic carbocycles. The molecule has 1 unspecified atom stereocenters. The molecule has 1 fully saturated rings. The van der Waals surface area contributed by atoms with Gasteiger partial charge in [0.2, 0.25) is 0 Å². The standard InChI is InChI=1S/C20H26N2O.C2H6/c1-22-14-11-18(12-15-22)20(23)19-17(8-5-13-21-19)10-9-16-6-3-2-4-7-16;1-2/h2-8,13,18,20,23H,9-12,14-15H2,1H3;1-2H3. The maximum Gasteiger partial charge on any atom is 0.0991 e. The molecule has 136 valence electrons. The number of likely N-dealkylation sites (tertiary alicyclic amines) is 1. The first kappa shape index (κ1) is 19.6. The average molecular weight is 341 g/mol. The number of benzene rings is 1. The molecular weight excluding hydrogens is 308 g/mol. The zero-order chi connectivity index (χ0) is 18.1. The van der Waals surface area contributed by atoms with Crippen molar-refractivity contribution in [1.29, 1.82) is 0 Å². The quantitative estimate of drug-likeness (QED) is 0.883. The SMILES string of the molecule is CC.CN1CCC(C(O)c2ncccc2CCc2ccccc2)CC1. The Labute approximate surface area is 152 Å². The molecule has 3 heteroatoms. The van der Waals surface area contributed by atoms with Crippen LogP contribution in [-0.4, -0.2) is 35.1 Å². The molecule has 1 aromatic heterocycles. The average Bonchev–Trinajstić information content (AvgIpc) is 2.69. The lowest BCUT2D eigenvalue weighted by Gasteiger charge is -2.32. The topological polar surface area (TPSA) is 36.4 Å². The summed E-state index contributed by atoms with van der Waals surface area (Å²) in [6, 6.07) is 14.6. The van der Waals surface area contributed by atoms with E-state index in [1.165, 1.54) is 11.1 Å². The second kappa shape index (κ2) is 10.3. The maximum absolute atomic E-state index is 10.8. The van der Waals surface area contributed by atoms with Crippen molar-refractivity contribution in [3.8, 4) is 0 Å². The number of pyridine rings is 1. The Bertz CT molecular complexity index is 606. The maximum atomic E-state index is 10.8. The van der Waals surface area contributed by atoms with Gasteiger partial charge in [-0.3, -0.25) is 4.98 Å². The highest BCUT2D eigenvalue weighted by Gasteiger charge is 2.27. The highest BCUT2D eigenvalue weighted by Crippen LogP contribution is 2.31. The number of piperidine rings is 1. The second-order valence-corrected chi connectivity index (χ2v) is 6.62. The van der Waals surface area contributed by atoms with Crippen LogP contribution in [0.5, 0.6) is 0 Å². The van der Waals surface area contributed by atoms with E-state index in [-0.39, 0.29) is 0 Å². The zero-order valence-corrected chi connectivity index (χ0v) is 15.9. The van der Waals surface area contributed by atoms with Gasteiger partial charge in [-0.1, -0.05) is 50.2 Å². The van der Waals surface area contributed by atoms with Crippen molar-refractivity contribution < 1.29 is 5.11 Å². The fraction of sp³-hybridized carbons (Fsp3) is 0.500. The molecule has 0 aliphatic carbocycles. The molecular formula is C22H32N2O. The Morgan fingerprint density at radius 2 is 1.72 bits per heavy atom. The summed E-state index contributed by atoms with van der Waals surface area (Å²) in [5.41, 5.74) is 3.40. The van der Waals surface area contributed by atoms with Gasteiger partial charge >= 0.3 is 0 Å². The van der Waals surface area contributed by atoms with E-state index in [9.17, 15) is 5.11 Å². The van der Waals surface area contributed by atoms with Crippen LogP contribution in [0.25, 0.3) is 0 Å². The third kappa shape index (κ3) is 5.65. The number of nitrogens with zero attached hydrogens (tertiary/aromatic N) is 2. The van der Waals surface area contributed by atoms with Crippen LogP contribution in [0.4, 0.5) is 0 Å². The smallest absolute Gasteiger partial charge is 0.0991 e. The third-order valence-corrected chi connectivity index (χ3v) is 4.94. The highest BCUT2D eigenvalue weighted by atomic mass is 16.3. The highest BCUT2D eigenvalue weighted by molar-refractivity contribution is 5.25. The molecule has 1 saturated heterocycles. The summed E-state index contributed by atoms with van der Waals surface area (Å²) in [5, 5.41) is 10.8. The lowest BCUT2D eigenvalue weighted by Crippen LogP contribution is -2.33. The molecule has 0 saturated carbocycles. The molecule has 0 bridgehead atoms. The molecule has 0 amide bonds. The number of aliphatic hydroxyl groups is 1. The minimum absolute atomic E-state index is 0.330. The molecule has 1 aliphatic rings.